The average Bonchev–Trinajstić information content (AvgIpc) is 3.24. The van der Waals surface area contributed by atoms with Crippen molar-refractivity contribution in [2.24, 2.45) is 0 Å². The Balaban J connectivity index is 1.58. The smallest absolute Gasteiger partial charge is 0.243 e. The molecule has 0 bridgehead atoms. The summed E-state index contributed by atoms with van der Waals surface area (Å²) < 4.78 is 11.5. The molecule has 1 saturated heterocycles. The highest BCUT2D eigenvalue weighted by Gasteiger charge is 2.17. The minimum atomic E-state index is -0.208. The summed E-state index contributed by atoms with van der Waals surface area (Å²) in [4.78, 5) is 13.3. The molecule has 2 aromatic rings. The molecule has 0 spiro atoms. The molecule has 1 aliphatic heterocycles. The summed E-state index contributed by atoms with van der Waals surface area (Å²) in [7, 11) is 0. The van der Waals surface area contributed by atoms with E-state index in [1.165, 1.54) is 11.8 Å². The number of carbonyl (C=O) groups is 1. The lowest BCUT2D eigenvalue weighted by molar-refractivity contribution is -0.114. The van der Waals surface area contributed by atoms with Gasteiger partial charge in [0.05, 0.1) is 35.8 Å². The predicted octanol–water partition coefficient (Wildman–Crippen LogP) is 4.56. The molecule has 1 aliphatic rings. The molecule has 2 aromatic carbocycles. The molecule has 1 heterocycles. The Morgan fingerprint density at radius 3 is 2.97 bits per heavy atom. The van der Waals surface area contributed by atoms with Crippen molar-refractivity contribution < 1.29 is 14.3 Å². The fourth-order valence-corrected chi connectivity index (χ4v) is 3.74. The van der Waals surface area contributed by atoms with Gasteiger partial charge < -0.3 is 20.1 Å². The van der Waals surface area contributed by atoms with Crippen molar-refractivity contribution in [1.29, 1.82) is 5.26 Å². The molecule has 0 aliphatic carbocycles. The lowest BCUT2D eigenvalue weighted by Crippen LogP contribution is -2.23. The number of amides is 1. The molecule has 1 atom stereocenters. The standard InChI is InChI=1S/C21H22ClN3O3S/c22-15-7-8-19(28-14-16-4-3-10-27-16)18(12-15)24-13-21(26)25-17-5-1-2-6-20(17)29-11-9-23/h1-2,5-8,12,16,24H,3-4,10-11,13-14H2,(H,25,26). The monoisotopic (exact) mass is 431 g/mol. The molecule has 1 amide bonds. The summed E-state index contributed by atoms with van der Waals surface area (Å²) in [5.74, 6) is 0.738. The van der Waals surface area contributed by atoms with Gasteiger partial charge in [-0.25, -0.2) is 0 Å². The van der Waals surface area contributed by atoms with Crippen LogP contribution in [-0.2, 0) is 9.53 Å². The number of thioether (sulfide) groups is 1. The van der Waals surface area contributed by atoms with Crippen LogP contribution in [0, 0.1) is 11.3 Å². The van der Waals surface area contributed by atoms with Crippen molar-refractivity contribution >= 4 is 40.6 Å². The number of ether oxygens (including phenoxy) is 2. The molecule has 3 rings (SSSR count). The Kier molecular flexibility index (Phi) is 8.05. The van der Waals surface area contributed by atoms with Gasteiger partial charge in [-0.05, 0) is 43.2 Å². The fourth-order valence-electron chi connectivity index (χ4n) is 2.90. The van der Waals surface area contributed by atoms with Gasteiger partial charge in [0, 0.05) is 16.5 Å². The molecule has 1 unspecified atom stereocenters. The number of hydrogen-bond donors (Lipinski definition) is 2. The minimum Gasteiger partial charge on any atom is -0.489 e. The van der Waals surface area contributed by atoms with E-state index in [9.17, 15) is 4.79 Å². The van der Waals surface area contributed by atoms with Gasteiger partial charge in [0.2, 0.25) is 5.91 Å². The van der Waals surface area contributed by atoms with Gasteiger partial charge in [0.1, 0.15) is 12.4 Å². The number of benzene rings is 2. The van der Waals surface area contributed by atoms with Gasteiger partial charge in [-0.3, -0.25) is 4.79 Å². The zero-order valence-electron chi connectivity index (χ0n) is 15.8. The number of anilines is 2. The number of para-hydroxylation sites is 1. The minimum absolute atomic E-state index is 0.0495. The Morgan fingerprint density at radius 2 is 2.17 bits per heavy atom. The summed E-state index contributed by atoms with van der Waals surface area (Å²) in [6.07, 6.45) is 2.14. The van der Waals surface area contributed by atoms with Gasteiger partial charge >= 0.3 is 0 Å². The van der Waals surface area contributed by atoms with Crippen LogP contribution in [-0.4, -0.2) is 37.5 Å². The number of nitrogens with one attached hydrogen (secondary N) is 2. The first kappa shape index (κ1) is 21.3. The van der Waals surface area contributed by atoms with Crippen molar-refractivity contribution in [1.82, 2.24) is 0 Å². The van der Waals surface area contributed by atoms with Crippen LogP contribution in [0.25, 0.3) is 0 Å². The Labute approximate surface area is 179 Å². The largest absolute Gasteiger partial charge is 0.489 e. The molecule has 8 heteroatoms. The van der Waals surface area contributed by atoms with Crippen LogP contribution in [0.3, 0.4) is 0 Å². The van der Waals surface area contributed by atoms with E-state index in [0.717, 1.165) is 24.3 Å². The van der Waals surface area contributed by atoms with Crippen molar-refractivity contribution in [2.45, 2.75) is 23.8 Å². The second-order valence-corrected chi connectivity index (χ2v) is 7.88. The summed E-state index contributed by atoms with van der Waals surface area (Å²) in [5, 5.41) is 15.3. The number of halogens is 1. The van der Waals surface area contributed by atoms with Crippen molar-refractivity contribution in [3.05, 3.63) is 47.5 Å². The third-order valence-electron chi connectivity index (χ3n) is 4.28. The molecule has 6 nitrogen and oxygen atoms in total. The van der Waals surface area contributed by atoms with Gasteiger partial charge in [0.25, 0.3) is 0 Å². The maximum absolute atomic E-state index is 12.4. The lowest BCUT2D eigenvalue weighted by atomic mass is 10.2. The van der Waals surface area contributed by atoms with E-state index in [-0.39, 0.29) is 18.6 Å². The van der Waals surface area contributed by atoms with Crippen molar-refractivity contribution in [3.63, 3.8) is 0 Å². The van der Waals surface area contributed by atoms with E-state index in [2.05, 4.69) is 16.7 Å². The predicted molar refractivity (Wildman–Crippen MR) is 116 cm³/mol. The quantitative estimate of drug-likeness (QED) is 0.566. The van der Waals surface area contributed by atoms with Gasteiger partial charge in [-0.2, -0.15) is 5.26 Å². The van der Waals surface area contributed by atoms with Gasteiger partial charge in [0.15, 0.2) is 0 Å². The SMILES string of the molecule is N#CCSc1ccccc1NC(=O)CNc1cc(Cl)ccc1OCC1CCCO1. The molecule has 0 saturated carbocycles. The number of hydrogen-bond acceptors (Lipinski definition) is 6. The van der Waals surface area contributed by atoms with Crippen molar-refractivity contribution in [2.75, 3.05) is 36.1 Å². The summed E-state index contributed by atoms with van der Waals surface area (Å²) in [6, 6.07) is 14.8. The highest BCUT2D eigenvalue weighted by atomic mass is 35.5. The van der Waals surface area contributed by atoms with E-state index in [4.69, 9.17) is 26.3 Å². The van der Waals surface area contributed by atoms with E-state index < -0.39 is 0 Å². The molecule has 0 aromatic heterocycles. The van der Waals surface area contributed by atoms with Crippen molar-refractivity contribution in [3.8, 4) is 11.8 Å². The Morgan fingerprint density at radius 1 is 1.31 bits per heavy atom. The van der Waals surface area contributed by atoms with E-state index in [0.29, 0.717) is 34.5 Å². The molecule has 0 radical (unpaired) electrons. The molecule has 152 valence electrons. The Hall–Kier alpha value is -2.40. The molecule has 1 fully saturated rings. The van der Waals surface area contributed by atoms with Crippen LogP contribution in [0.15, 0.2) is 47.4 Å². The normalized spacial score (nSPS) is 15.5. The maximum atomic E-state index is 12.4. The van der Waals surface area contributed by atoms with Crippen LogP contribution < -0.4 is 15.4 Å². The maximum Gasteiger partial charge on any atom is 0.243 e. The second-order valence-electron chi connectivity index (χ2n) is 6.43. The fraction of sp³-hybridized carbons (Fsp3) is 0.333. The van der Waals surface area contributed by atoms with Crippen LogP contribution >= 0.6 is 23.4 Å². The van der Waals surface area contributed by atoms with Crippen LogP contribution in [0.2, 0.25) is 5.02 Å². The van der Waals surface area contributed by atoms with E-state index >= 15 is 0 Å². The average molecular weight is 432 g/mol. The molecular formula is C21H22ClN3O3S. The van der Waals surface area contributed by atoms with Gasteiger partial charge in [-0.15, -0.1) is 11.8 Å². The molecule has 2 N–H and O–H groups in total. The summed E-state index contributed by atoms with van der Waals surface area (Å²) in [5.41, 5.74) is 1.33. The number of carbonyl (C=O) groups excluding carboxylic acids is 1. The topological polar surface area (TPSA) is 83.4 Å². The highest BCUT2D eigenvalue weighted by Crippen LogP contribution is 2.29. The first-order chi connectivity index (χ1) is 14.2. The number of nitrogens with zero attached hydrogens (tertiary/aromatic N) is 1. The van der Waals surface area contributed by atoms with Crippen LogP contribution in [0.1, 0.15) is 12.8 Å². The summed E-state index contributed by atoms with van der Waals surface area (Å²) >= 11 is 7.49. The third-order valence-corrected chi connectivity index (χ3v) is 5.46. The molecule has 29 heavy (non-hydrogen) atoms. The van der Waals surface area contributed by atoms with Crippen LogP contribution in [0.5, 0.6) is 5.75 Å². The lowest BCUT2D eigenvalue weighted by Gasteiger charge is -2.16. The summed E-state index contributed by atoms with van der Waals surface area (Å²) in [6.45, 7) is 1.29. The zero-order chi connectivity index (χ0) is 20.5. The van der Waals surface area contributed by atoms with E-state index in [1.807, 2.05) is 24.3 Å². The molecular weight excluding hydrogens is 410 g/mol. The van der Waals surface area contributed by atoms with E-state index in [1.54, 1.807) is 18.2 Å². The first-order valence-electron chi connectivity index (χ1n) is 9.32. The first-order valence-corrected chi connectivity index (χ1v) is 10.7. The third kappa shape index (κ3) is 6.57. The van der Waals surface area contributed by atoms with Crippen LogP contribution in [0.4, 0.5) is 11.4 Å². The number of rotatable bonds is 9. The zero-order valence-corrected chi connectivity index (χ0v) is 17.4. The number of nitriles is 1. The Bertz CT molecular complexity index is 882. The second kappa shape index (κ2) is 11.0. The van der Waals surface area contributed by atoms with Gasteiger partial charge in [-0.1, -0.05) is 23.7 Å². The highest BCUT2D eigenvalue weighted by molar-refractivity contribution is 7.99.